The van der Waals surface area contributed by atoms with Crippen LogP contribution in [0.2, 0.25) is 0 Å². The van der Waals surface area contributed by atoms with Crippen molar-refractivity contribution in [3.63, 3.8) is 0 Å². The molecule has 3 N–H and O–H groups in total. The van der Waals surface area contributed by atoms with Gasteiger partial charge >= 0.3 is 13.0 Å². The van der Waals surface area contributed by atoms with Gasteiger partial charge in [-0.2, -0.15) is 0 Å². The van der Waals surface area contributed by atoms with Crippen molar-refractivity contribution in [2.75, 3.05) is 0 Å². The van der Waals surface area contributed by atoms with E-state index in [1.165, 1.54) is 0 Å². The monoisotopic (exact) mass is 218 g/mol. The van der Waals surface area contributed by atoms with Crippen LogP contribution in [0.15, 0.2) is 23.2 Å². The number of carbonyl (C=O) groups is 1. The van der Waals surface area contributed by atoms with Crippen LogP contribution in [-0.2, 0) is 11.2 Å². The maximum Gasteiger partial charge on any atom is 0.449 e. The number of rotatable bonds is 2. The van der Waals surface area contributed by atoms with E-state index in [4.69, 9.17) is 5.11 Å². The van der Waals surface area contributed by atoms with Crippen LogP contribution in [-0.4, -0.2) is 29.0 Å². The molecule has 0 bridgehead atoms. The number of aliphatic imine (C=N–C) groups is 1. The molecule has 0 spiro atoms. The highest BCUT2D eigenvalue weighted by Gasteiger charge is 2.23. The van der Waals surface area contributed by atoms with Crippen LogP contribution in [0.3, 0.4) is 0 Å². The minimum Gasteiger partial charge on any atom is -0.481 e. The van der Waals surface area contributed by atoms with Crippen LogP contribution in [0.1, 0.15) is 12.5 Å². The molecule has 1 aromatic carbocycles. The number of fused-ring (bicyclic) bond motifs is 1. The predicted octanol–water partition coefficient (Wildman–Crippen LogP) is -0.346. The molecule has 1 aliphatic heterocycles. The fourth-order valence-electron chi connectivity index (χ4n) is 1.70. The Morgan fingerprint density at radius 2 is 2.31 bits per heavy atom. The second-order valence-corrected chi connectivity index (χ2v) is 3.71. The summed E-state index contributed by atoms with van der Waals surface area (Å²) in [6, 6.07) is 5.10. The Bertz CT molecular complexity index is 473. The summed E-state index contributed by atoms with van der Waals surface area (Å²) in [6.45, 7) is 1.76. The van der Waals surface area contributed by atoms with Crippen molar-refractivity contribution in [3.8, 4) is 0 Å². The number of hydrogen-bond donors (Lipinski definition) is 3. The molecule has 0 unspecified atom stereocenters. The Morgan fingerprint density at radius 3 is 3.00 bits per heavy atom. The fourth-order valence-corrected chi connectivity index (χ4v) is 1.70. The maximum absolute atomic E-state index is 10.6. The summed E-state index contributed by atoms with van der Waals surface area (Å²) in [5, 5.41) is 21.2. The molecule has 0 aromatic heterocycles. The minimum absolute atomic E-state index is 0.0529. The molecule has 6 heteroatoms. The second kappa shape index (κ2) is 3.98. The van der Waals surface area contributed by atoms with Crippen LogP contribution < -0.4 is 10.7 Å². The van der Waals surface area contributed by atoms with Crippen molar-refractivity contribution >= 4 is 30.0 Å². The number of benzene rings is 1. The highest BCUT2D eigenvalue weighted by molar-refractivity contribution is 6.68. The summed E-state index contributed by atoms with van der Waals surface area (Å²) in [5.41, 5.74) is 1.95. The number of nitrogens with zero attached hydrogens (tertiary/aromatic N) is 1. The molecule has 0 fully saturated rings. The Hall–Kier alpha value is -1.82. The van der Waals surface area contributed by atoms with Crippen LogP contribution in [0.5, 0.6) is 0 Å². The van der Waals surface area contributed by atoms with E-state index in [2.05, 4.69) is 10.2 Å². The van der Waals surface area contributed by atoms with Gasteiger partial charge in [0.25, 0.3) is 0 Å². The molecule has 0 saturated heterocycles. The molecule has 2 rings (SSSR count). The topological polar surface area (TPSA) is 81.9 Å². The van der Waals surface area contributed by atoms with Gasteiger partial charge in [0.15, 0.2) is 0 Å². The van der Waals surface area contributed by atoms with Crippen LogP contribution in [0, 0.1) is 0 Å². The Morgan fingerprint density at radius 1 is 1.56 bits per heavy atom. The van der Waals surface area contributed by atoms with Crippen LogP contribution >= 0.6 is 0 Å². The molecule has 16 heavy (non-hydrogen) atoms. The van der Waals surface area contributed by atoms with Crippen molar-refractivity contribution < 1.29 is 14.9 Å². The first-order valence-electron chi connectivity index (χ1n) is 4.91. The number of carboxylic acids is 1. The lowest BCUT2D eigenvalue weighted by atomic mass is 9.71. The van der Waals surface area contributed by atoms with Gasteiger partial charge in [-0.05, 0) is 18.6 Å². The fraction of sp³-hybridized carbons (Fsp3) is 0.200. The molecule has 82 valence electrons. The van der Waals surface area contributed by atoms with Gasteiger partial charge in [0.05, 0.1) is 17.9 Å². The number of hydrogen-bond acceptors (Lipinski definition) is 4. The van der Waals surface area contributed by atoms with E-state index in [9.17, 15) is 9.82 Å². The van der Waals surface area contributed by atoms with E-state index in [1.54, 1.807) is 25.1 Å². The van der Waals surface area contributed by atoms with E-state index in [0.29, 0.717) is 22.5 Å². The summed E-state index contributed by atoms with van der Waals surface area (Å²) >= 11 is 0. The minimum atomic E-state index is -0.891. The predicted molar refractivity (Wildman–Crippen MR) is 61.3 cm³/mol. The van der Waals surface area contributed by atoms with Crippen molar-refractivity contribution in [1.82, 2.24) is 5.23 Å². The molecule has 0 aliphatic carbocycles. The van der Waals surface area contributed by atoms with E-state index in [-0.39, 0.29) is 6.42 Å². The normalized spacial score (nSPS) is 13.9. The summed E-state index contributed by atoms with van der Waals surface area (Å²) in [4.78, 5) is 14.8. The largest absolute Gasteiger partial charge is 0.481 e. The van der Waals surface area contributed by atoms with Gasteiger partial charge in [0.1, 0.15) is 0 Å². The van der Waals surface area contributed by atoms with E-state index >= 15 is 0 Å². The molecule has 0 radical (unpaired) electrons. The molecular weight excluding hydrogens is 207 g/mol. The van der Waals surface area contributed by atoms with Gasteiger partial charge in [0.2, 0.25) is 0 Å². The highest BCUT2D eigenvalue weighted by Crippen LogP contribution is 2.14. The zero-order valence-electron chi connectivity index (χ0n) is 8.77. The molecule has 0 atom stereocenters. The SMILES string of the molecule is CC1=Nc2ccc(CC(=O)O)cc2B(O)N1. The average Bonchev–Trinajstić information content (AvgIpc) is 2.18. The third kappa shape index (κ3) is 2.06. The number of amidine groups is 1. The summed E-state index contributed by atoms with van der Waals surface area (Å²) < 4.78 is 0. The van der Waals surface area contributed by atoms with Gasteiger partial charge in [-0.3, -0.25) is 4.79 Å². The molecule has 1 aromatic rings. The van der Waals surface area contributed by atoms with Gasteiger partial charge in [-0.1, -0.05) is 12.1 Å². The number of nitrogens with one attached hydrogen (secondary N) is 1. The van der Waals surface area contributed by atoms with Gasteiger partial charge in [-0.25, -0.2) is 4.99 Å². The summed E-state index contributed by atoms with van der Waals surface area (Å²) in [6.07, 6.45) is -0.0529. The molecular formula is C10H11BN2O3. The zero-order chi connectivity index (χ0) is 11.7. The first-order valence-corrected chi connectivity index (χ1v) is 4.91. The molecule has 0 amide bonds. The standard InChI is InChI=1S/C10H11BN2O3/c1-6-12-9-3-2-7(5-10(14)15)4-8(9)11(16)13-6/h2-4,16H,5H2,1H3,(H,12,13)(H,14,15). The first kappa shape index (κ1) is 10.7. The van der Waals surface area contributed by atoms with Crippen LogP contribution in [0.4, 0.5) is 5.69 Å². The van der Waals surface area contributed by atoms with E-state index < -0.39 is 13.0 Å². The Balaban J connectivity index is 2.38. The zero-order valence-corrected chi connectivity index (χ0v) is 8.77. The first-order chi connectivity index (χ1) is 7.56. The Kier molecular flexibility index (Phi) is 2.66. The molecule has 1 aliphatic rings. The summed E-state index contributed by atoms with van der Waals surface area (Å²) in [5.74, 6) is -0.246. The van der Waals surface area contributed by atoms with E-state index in [0.717, 1.165) is 0 Å². The van der Waals surface area contributed by atoms with Crippen molar-refractivity contribution in [2.24, 2.45) is 4.99 Å². The van der Waals surface area contributed by atoms with Crippen LogP contribution in [0.25, 0.3) is 0 Å². The number of aliphatic carboxylic acids is 1. The average molecular weight is 218 g/mol. The van der Waals surface area contributed by atoms with Gasteiger partial charge in [0, 0.05) is 5.46 Å². The molecule has 5 nitrogen and oxygen atoms in total. The van der Waals surface area contributed by atoms with Crippen molar-refractivity contribution in [2.45, 2.75) is 13.3 Å². The smallest absolute Gasteiger partial charge is 0.449 e. The summed E-state index contributed by atoms with van der Waals surface area (Å²) in [7, 11) is -0.818. The van der Waals surface area contributed by atoms with E-state index in [1.807, 2.05) is 0 Å². The molecule has 0 saturated carbocycles. The Labute approximate surface area is 93.0 Å². The third-order valence-corrected chi connectivity index (χ3v) is 2.38. The molecule has 1 heterocycles. The quantitative estimate of drug-likeness (QED) is 0.592. The number of carboxylic acid groups (broad SMARTS) is 1. The van der Waals surface area contributed by atoms with Gasteiger partial charge in [-0.15, -0.1) is 0 Å². The second-order valence-electron chi connectivity index (χ2n) is 3.71. The third-order valence-electron chi connectivity index (χ3n) is 2.38. The lowest BCUT2D eigenvalue weighted by molar-refractivity contribution is -0.136. The lowest BCUT2D eigenvalue weighted by Gasteiger charge is -2.18. The van der Waals surface area contributed by atoms with Crippen molar-refractivity contribution in [3.05, 3.63) is 23.8 Å². The van der Waals surface area contributed by atoms with Crippen molar-refractivity contribution in [1.29, 1.82) is 0 Å². The lowest BCUT2D eigenvalue weighted by Crippen LogP contribution is -2.50. The highest BCUT2D eigenvalue weighted by atomic mass is 16.4. The van der Waals surface area contributed by atoms with Gasteiger partial charge < -0.3 is 15.4 Å². The maximum atomic E-state index is 10.6.